The van der Waals surface area contributed by atoms with Crippen LogP contribution in [-0.2, 0) is 6.42 Å². The van der Waals surface area contributed by atoms with E-state index in [9.17, 15) is 0 Å². The van der Waals surface area contributed by atoms with Crippen LogP contribution in [0.25, 0.3) is 11.1 Å². The fourth-order valence-electron chi connectivity index (χ4n) is 2.14. The normalized spacial score (nSPS) is 13.4. The van der Waals surface area contributed by atoms with E-state index in [0.29, 0.717) is 10.7 Å². The molecule has 0 fully saturated rings. The second-order valence-electron chi connectivity index (χ2n) is 4.37. The predicted octanol–water partition coefficient (Wildman–Crippen LogP) is 4.57. The average molecular weight is 296 g/mol. The molecule has 0 spiro atoms. The van der Waals surface area contributed by atoms with Crippen LogP contribution < -0.4 is 0 Å². The SMILES string of the molecule is CCC(CC)C(Br)Cc1nc2ccccc2o1. The fourth-order valence-corrected chi connectivity index (χ4v) is 3.17. The van der Waals surface area contributed by atoms with Gasteiger partial charge in [0, 0.05) is 11.2 Å². The second-order valence-corrected chi connectivity index (χ2v) is 5.55. The molecule has 0 saturated heterocycles. The molecule has 0 bridgehead atoms. The number of hydrogen-bond acceptors (Lipinski definition) is 2. The van der Waals surface area contributed by atoms with Crippen molar-refractivity contribution >= 4 is 27.0 Å². The van der Waals surface area contributed by atoms with Gasteiger partial charge < -0.3 is 4.42 Å². The van der Waals surface area contributed by atoms with Crippen molar-refractivity contribution < 1.29 is 4.42 Å². The minimum atomic E-state index is 0.450. The van der Waals surface area contributed by atoms with Crippen molar-refractivity contribution in [2.75, 3.05) is 0 Å². The van der Waals surface area contributed by atoms with Gasteiger partial charge >= 0.3 is 0 Å². The van der Waals surface area contributed by atoms with Crippen molar-refractivity contribution in [2.45, 2.75) is 37.9 Å². The van der Waals surface area contributed by atoms with Crippen molar-refractivity contribution in [3.63, 3.8) is 0 Å². The van der Waals surface area contributed by atoms with Gasteiger partial charge in [0.05, 0.1) is 0 Å². The molecule has 92 valence electrons. The standard InChI is InChI=1S/C14H18BrNO/c1-3-10(4-2)11(15)9-14-16-12-7-5-6-8-13(12)17-14/h5-8,10-11H,3-4,9H2,1-2H3. The van der Waals surface area contributed by atoms with Crippen molar-refractivity contribution in [2.24, 2.45) is 5.92 Å². The number of para-hydroxylation sites is 2. The van der Waals surface area contributed by atoms with Crippen LogP contribution in [0.15, 0.2) is 28.7 Å². The average Bonchev–Trinajstić information content (AvgIpc) is 2.72. The number of fused-ring (bicyclic) bond motifs is 1. The van der Waals surface area contributed by atoms with Gasteiger partial charge in [-0.15, -0.1) is 0 Å². The molecule has 2 nitrogen and oxygen atoms in total. The van der Waals surface area contributed by atoms with Crippen LogP contribution in [0.1, 0.15) is 32.6 Å². The maximum absolute atomic E-state index is 5.74. The van der Waals surface area contributed by atoms with E-state index >= 15 is 0 Å². The van der Waals surface area contributed by atoms with Crippen molar-refractivity contribution in [3.8, 4) is 0 Å². The molecule has 0 aliphatic carbocycles. The van der Waals surface area contributed by atoms with Crippen LogP contribution in [-0.4, -0.2) is 9.81 Å². The summed E-state index contributed by atoms with van der Waals surface area (Å²) >= 11 is 3.76. The number of benzene rings is 1. The molecule has 1 heterocycles. The van der Waals surface area contributed by atoms with Crippen molar-refractivity contribution in [1.82, 2.24) is 4.98 Å². The Morgan fingerprint density at radius 1 is 1.24 bits per heavy atom. The Bertz CT molecular complexity index is 443. The topological polar surface area (TPSA) is 26.0 Å². The zero-order valence-corrected chi connectivity index (χ0v) is 11.9. The number of alkyl halides is 1. The number of hydrogen-bond donors (Lipinski definition) is 0. The zero-order chi connectivity index (χ0) is 12.3. The largest absolute Gasteiger partial charge is 0.441 e. The number of aromatic nitrogens is 1. The first-order chi connectivity index (χ1) is 8.24. The minimum absolute atomic E-state index is 0.450. The van der Waals surface area contributed by atoms with E-state index in [4.69, 9.17) is 4.42 Å². The highest BCUT2D eigenvalue weighted by atomic mass is 79.9. The summed E-state index contributed by atoms with van der Waals surface area (Å²) in [6, 6.07) is 7.92. The van der Waals surface area contributed by atoms with Crippen molar-refractivity contribution in [3.05, 3.63) is 30.2 Å². The molecule has 1 unspecified atom stereocenters. The Morgan fingerprint density at radius 3 is 2.59 bits per heavy atom. The Labute approximate surface area is 111 Å². The van der Waals surface area contributed by atoms with Gasteiger partial charge in [-0.2, -0.15) is 0 Å². The summed E-state index contributed by atoms with van der Waals surface area (Å²) in [6.45, 7) is 4.46. The van der Waals surface area contributed by atoms with Gasteiger partial charge in [0.2, 0.25) is 0 Å². The number of rotatable bonds is 5. The van der Waals surface area contributed by atoms with Gasteiger partial charge in [-0.3, -0.25) is 0 Å². The summed E-state index contributed by atoms with van der Waals surface area (Å²) in [6.07, 6.45) is 3.24. The quantitative estimate of drug-likeness (QED) is 0.755. The van der Waals surface area contributed by atoms with Gasteiger partial charge in [0.25, 0.3) is 0 Å². The predicted molar refractivity (Wildman–Crippen MR) is 74.5 cm³/mol. The molecule has 1 atom stereocenters. The summed E-state index contributed by atoms with van der Waals surface area (Å²) in [5.74, 6) is 1.52. The van der Waals surface area contributed by atoms with Gasteiger partial charge in [-0.25, -0.2) is 4.98 Å². The molecule has 17 heavy (non-hydrogen) atoms. The lowest BCUT2D eigenvalue weighted by atomic mass is 9.97. The minimum Gasteiger partial charge on any atom is -0.441 e. The first kappa shape index (κ1) is 12.6. The lowest BCUT2D eigenvalue weighted by Crippen LogP contribution is -2.15. The second kappa shape index (κ2) is 5.67. The van der Waals surface area contributed by atoms with Crippen LogP contribution in [0.4, 0.5) is 0 Å². The van der Waals surface area contributed by atoms with Crippen LogP contribution in [0.5, 0.6) is 0 Å². The van der Waals surface area contributed by atoms with E-state index in [-0.39, 0.29) is 0 Å². The Balaban J connectivity index is 2.12. The molecule has 2 rings (SSSR count). The first-order valence-corrected chi connectivity index (χ1v) is 7.14. The first-order valence-electron chi connectivity index (χ1n) is 6.23. The molecular formula is C14H18BrNO. The van der Waals surface area contributed by atoms with Crippen molar-refractivity contribution in [1.29, 1.82) is 0 Å². The fraction of sp³-hybridized carbons (Fsp3) is 0.500. The highest BCUT2D eigenvalue weighted by Gasteiger charge is 2.18. The lowest BCUT2D eigenvalue weighted by molar-refractivity contribution is 0.439. The van der Waals surface area contributed by atoms with Gasteiger partial charge in [0.15, 0.2) is 11.5 Å². The molecule has 0 N–H and O–H groups in total. The molecule has 0 amide bonds. The van der Waals surface area contributed by atoms with Crippen LogP contribution in [0.2, 0.25) is 0 Å². The number of halogens is 1. The third kappa shape index (κ3) is 2.89. The van der Waals surface area contributed by atoms with Crippen LogP contribution >= 0.6 is 15.9 Å². The molecule has 2 aromatic rings. The van der Waals surface area contributed by atoms with Gasteiger partial charge in [0.1, 0.15) is 5.52 Å². The molecule has 0 radical (unpaired) electrons. The molecule has 1 aromatic carbocycles. The van der Waals surface area contributed by atoms with Crippen LogP contribution in [0, 0.1) is 5.92 Å². The highest BCUT2D eigenvalue weighted by Crippen LogP contribution is 2.25. The molecule has 0 aliphatic heterocycles. The molecule has 0 saturated carbocycles. The molecule has 1 aromatic heterocycles. The maximum Gasteiger partial charge on any atom is 0.196 e. The smallest absolute Gasteiger partial charge is 0.196 e. The Hall–Kier alpha value is -0.830. The third-order valence-electron chi connectivity index (χ3n) is 3.27. The van der Waals surface area contributed by atoms with E-state index in [0.717, 1.165) is 23.4 Å². The van der Waals surface area contributed by atoms with E-state index < -0.39 is 0 Å². The maximum atomic E-state index is 5.74. The summed E-state index contributed by atoms with van der Waals surface area (Å²) in [4.78, 5) is 4.96. The highest BCUT2D eigenvalue weighted by molar-refractivity contribution is 9.09. The lowest BCUT2D eigenvalue weighted by Gasteiger charge is -2.17. The summed E-state index contributed by atoms with van der Waals surface area (Å²) < 4.78 is 5.74. The molecular weight excluding hydrogens is 278 g/mol. The van der Waals surface area contributed by atoms with E-state index in [2.05, 4.69) is 34.8 Å². The molecule has 0 aliphatic rings. The van der Waals surface area contributed by atoms with E-state index in [1.54, 1.807) is 0 Å². The molecule has 3 heteroatoms. The van der Waals surface area contributed by atoms with E-state index in [1.165, 1.54) is 12.8 Å². The van der Waals surface area contributed by atoms with Gasteiger partial charge in [-0.1, -0.05) is 54.8 Å². The summed E-state index contributed by atoms with van der Waals surface area (Å²) in [7, 11) is 0. The number of nitrogens with zero attached hydrogens (tertiary/aromatic N) is 1. The Morgan fingerprint density at radius 2 is 1.94 bits per heavy atom. The van der Waals surface area contributed by atoms with E-state index in [1.807, 2.05) is 24.3 Å². The van der Waals surface area contributed by atoms with Gasteiger partial charge in [-0.05, 0) is 18.1 Å². The number of oxazole rings is 1. The zero-order valence-electron chi connectivity index (χ0n) is 10.3. The third-order valence-corrected chi connectivity index (χ3v) is 4.34. The summed E-state index contributed by atoms with van der Waals surface area (Å²) in [5.41, 5.74) is 1.83. The monoisotopic (exact) mass is 295 g/mol. The van der Waals surface area contributed by atoms with Crippen LogP contribution in [0.3, 0.4) is 0 Å². The Kier molecular flexibility index (Phi) is 4.21. The summed E-state index contributed by atoms with van der Waals surface area (Å²) in [5, 5.41) is 0.